The smallest absolute Gasteiger partial charge is 0.253 e. The number of hydrogen-bond donors (Lipinski definition) is 0. The summed E-state index contributed by atoms with van der Waals surface area (Å²) in [6, 6.07) is 141. The second-order valence-corrected chi connectivity index (χ2v) is 28.6. The molecule has 0 bridgehead atoms. The van der Waals surface area contributed by atoms with Crippen LogP contribution in [0.15, 0.2) is 392 Å². The van der Waals surface area contributed by atoms with Gasteiger partial charge in [-0.1, -0.05) is 308 Å². The fourth-order valence-corrected chi connectivity index (χ4v) is 18.0. The molecule has 0 radical (unpaired) electrons. The number of rotatable bonds is 13. The first-order valence-corrected chi connectivity index (χ1v) is 36.9. The highest BCUT2D eigenvalue weighted by atomic mass is 32.2. The zero-order chi connectivity index (χ0) is 69.5. The average molecular weight is 1360 g/mol. The van der Waals surface area contributed by atoms with Gasteiger partial charge in [0.15, 0.2) is 0 Å². The van der Waals surface area contributed by atoms with E-state index in [2.05, 4.69) is 409 Å². The number of aryl methyl sites for hydroxylation is 1. The minimum absolute atomic E-state index is 0.160. The first-order valence-electron chi connectivity index (χ1n) is 36.1. The topological polar surface area (TPSA) is 22.2 Å². The molecule has 4 aliphatic rings. The molecule has 16 aromatic rings. The number of benzene rings is 16. The maximum Gasteiger partial charge on any atom is 0.253 e. The summed E-state index contributed by atoms with van der Waals surface area (Å²) < 4.78 is 7.36. The van der Waals surface area contributed by atoms with Gasteiger partial charge < -0.3 is 24.3 Å². The molecule has 0 amide bonds. The van der Waals surface area contributed by atoms with Crippen molar-refractivity contribution in [2.75, 3.05) is 19.6 Å². The molecule has 4 heterocycles. The molecule has 20 rings (SSSR count). The van der Waals surface area contributed by atoms with Gasteiger partial charge in [0.05, 0.1) is 28.4 Å². The molecular formula is C97H66B2N4OS. The van der Waals surface area contributed by atoms with Crippen LogP contribution in [-0.2, 0) is 0 Å². The third-order valence-corrected chi connectivity index (χ3v) is 22.6. The van der Waals surface area contributed by atoms with Gasteiger partial charge in [-0.3, -0.25) is 0 Å². The van der Waals surface area contributed by atoms with Crippen LogP contribution in [0.25, 0.3) is 55.6 Å². The highest BCUT2D eigenvalue weighted by molar-refractivity contribution is 8.00. The van der Waals surface area contributed by atoms with Crippen molar-refractivity contribution in [3.8, 4) is 67.1 Å². The SMILES string of the molecule is Cc1cccc(-c2ccccc2)c1N1c2cc3c(cc2B2c4ccccc4N(c4ccccc4)c4cc(N(c5ccc(-c6ccccc6)cc5)c5ccccc5-c5ccccc5)cc1c42)B1c2ccccc2Oc2cc(N(c4ccc(-c5ccccc5)cc4)c4ccccc4-c4ccccc4)cc(c21)S3. The molecule has 492 valence electrons. The molecule has 105 heavy (non-hydrogen) atoms. The van der Waals surface area contributed by atoms with E-state index in [-0.39, 0.29) is 13.4 Å². The van der Waals surface area contributed by atoms with E-state index in [0.717, 1.165) is 140 Å². The molecule has 0 unspecified atom stereocenters. The normalized spacial score (nSPS) is 12.6. The van der Waals surface area contributed by atoms with E-state index in [1.807, 2.05) is 11.8 Å². The Labute approximate surface area is 618 Å². The van der Waals surface area contributed by atoms with Crippen LogP contribution in [0.1, 0.15) is 5.56 Å². The molecule has 0 saturated carbocycles. The fraction of sp³-hybridized carbons (Fsp3) is 0.0103. The Kier molecular flexibility index (Phi) is 15.2. The van der Waals surface area contributed by atoms with Crippen LogP contribution in [0.5, 0.6) is 11.5 Å². The summed E-state index contributed by atoms with van der Waals surface area (Å²) in [5.74, 6) is 1.72. The van der Waals surface area contributed by atoms with Gasteiger partial charge in [0, 0.05) is 72.4 Å². The van der Waals surface area contributed by atoms with Gasteiger partial charge in [-0.15, -0.1) is 0 Å². The molecule has 0 fully saturated rings. The van der Waals surface area contributed by atoms with Gasteiger partial charge in [-0.05, 0) is 164 Å². The van der Waals surface area contributed by atoms with Crippen LogP contribution in [0, 0.1) is 6.92 Å². The highest BCUT2D eigenvalue weighted by Crippen LogP contribution is 2.54. The van der Waals surface area contributed by atoms with Gasteiger partial charge in [0.25, 0.3) is 13.4 Å². The maximum absolute atomic E-state index is 7.36. The Bertz CT molecular complexity index is 6010. The van der Waals surface area contributed by atoms with E-state index >= 15 is 0 Å². The summed E-state index contributed by atoms with van der Waals surface area (Å²) in [5, 5.41) is 0. The summed E-state index contributed by atoms with van der Waals surface area (Å²) in [5.41, 5.74) is 32.9. The molecule has 0 aromatic heterocycles. The van der Waals surface area contributed by atoms with Crippen molar-refractivity contribution >= 4 is 126 Å². The average Bonchev–Trinajstić information content (AvgIpc) is 0.686. The molecule has 0 aliphatic carbocycles. The Balaban J connectivity index is 0.855. The number of anilines is 12. The first kappa shape index (κ1) is 61.8. The van der Waals surface area contributed by atoms with Crippen LogP contribution in [-0.4, -0.2) is 13.4 Å². The summed E-state index contributed by atoms with van der Waals surface area (Å²) in [6.45, 7) is 1.94. The number of fused-ring (bicyclic) bond motifs is 8. The fourth-order valence-electron chi connectivity index (χ4n) is 16.8. The molecule has 0 atom stereocenters. The number of ether oxygens (including phenoxy) is 1. The second kappa shape index (κ2) is 25.8. The molecule has 0 spiro atoms. The zero-order valence-corrected chi connectivity index (χ0v) is 58.4. The molecular weight excluding hydrogens is 1290 g/mol. The Morgan fingerprint density at radius 3 is 1.30 bits per heavy atom. The molecule has 16 aromatic carbocycles. The maximum atomic E-state index is 7.36. The van der Waals surface area contributed by atoms with E-state index in [1.165, 1.54) is 43.3 Å². The van der Waals surface area contributed by atoms with E-state index in [1.54, 1.807) is 0 Å². The minimum atomic E-state index is -0.203. The van der Waals surface area contributed by atoms with E-state index in [9.17, 15) is 0 Å². The minimum Gasteiger partial charge on any atom is -0.458 e. The lowest BCUT2D eigenvalue weighted by Crippen LogP contribution is -2.64. The monoisotopic (exact) mass is 1360 g/mol. The second-order valence-electron chi connectivity index (χ2n) is 27.5. The Morgan fingerprint density at radius 2 is 0.724 bits per heavy atom. The number of nitrogens with zero attached hydrogens (tertiary/aromatic N) is 4. The summed E-state index contributed by atoms with van der Waals surface area (Å²) in [7, 11) is 0. The molecule has 0 saturated heterocycles. The first-order chi connectivity index (χ1) is 52.0. The van der Waals surface area contributed by atoms with Gasteiger partial charge >= 0.3 is 0 Å². The summed E-state index contributed by atoms with van der Waals surface area (Å²) in [4.78, 5) is 12.5. The van der Waals surface area contributed by atoms with Crippen molar-refractivity contribution in [1.29, 1.82) is 0 Å². The van der Waals surface area contributed by atoms with Crippen LogP contribution < -0.4 is 57.1 Å². The van der Waals surface area contributed by atoms with Gasteiger partial charge in [0.2, 0.25) is 0 Å². The lowest BCUT2D eigenvalue weighted by Gasteiger charge is -2.46. The van der Waals surface area contributed by atoms with Gasteiger partial charge in [-0.2, -0.15) is 0 Å². The van der Waals surface area contributed by atoms with Crippen molar-refractivity contribution in [1.82, 2.24) is 0 Å². The predicted molar refractivity (Wildman–Crippen MR) is 443 cm³/mol. The van der Waals surface area contributed by atoms with Gasteiger partial charge in [0.1, 0.15) is 11.5 Å². The third-order valence-electron chi connectivity index (χ3n) is 21.5. The third kappa shape index (κ3) is 10.6. The van der Waals surface area contributed by atoms with Crippen molar-refractivity contribution in [2.45, 2.75) is 16.7 Å². The molecule has 4 aliphatic heterocycles. The van der Waals surface area contributed by atoms with Crippen molar-refractivity contribution in [3.05, 3.63) is 388 Å². The van der Waals surface area contributed by atoms with Crippen LogP contribution in [0.4, 0.5) is 68.2 Å². The molecule has 5 nitrogen and oxygen atoms in total. The van der Waals surface area contributed by atoms with Crippen molar-refractivity contribution in [3.63, 3.8) is 0 Å². The lowest BCUT2D eigenvalue weighted by atomic mass is 9.31. The van der Waals surface area contributed by atoms with Crippen LogP contribution in [0.3, 0.4) is 0 Å². The Hall–Kier alpha value is -13.0. The highest BCUT2D eigenvalue weighted by Gasteiger charge is 2.48. The largest absolute Gasteiger partial charge is 0.458 e. The van der Waals surface area contributed by atoms with Crippen LogP contribution in [0.2, 0.25) is 0 Å². The summed E-state index contributed by atoms with van der Waals surface area (Å²) in [6.07, 6.45) is 0. The van der Waals surface area contributed by atoms with Crippen molar-refractivity contribution in [2.24, 2.45) is 0 Å². The van der Waals surface area contributed by atoms with E-state index in [0.29, 0.717) is 0 Å². The molecule has 8 heteroatoms. The van der Waals surface area contributed by atoms with E-state index < -0.39 is 0 Å². The van der Waals surface area contributed by atoms with Crippen LogP contribution >= 0.6 is 11.8 Å². The van der Waals surface area contributed by atoms with Gasteiger partial charge in [-0.25, -0.2) is 0 Å². The standard InChI is InChI=1S/C97H66B2N4OS/c1-65-29-28-44-80(72-38-16-6-17-39-72)97(65)103-88-64-93-84(99-82-46-23-27-50-91(82)104-92-61-77(62-94(105-93)96(92)99)101(75-57-53-69(54-58-75)67-32-10-3-11-33-67)86-48-25-21-43-79(86)71-36-14-5-15-37-71)63-83(88)98-81-45-22-26-49-87(81)102(73-40-18-7-19-41-73)89-59-76(60-90(103)95(89)98)100(74-55-51-68(52-56-74)66-30-8-2-9-31-66)85-47-24-20-42-78(85)70-34-12-4-13-35-70/h2-64H,1H3. The zero-order valence-electron chi connectivity index (χ0n) is 57.6. The quantitative estimate of drug-likeness (QED) is 0.107. The number of hydrogen-bond acceptors (Lipinski definition) is 6. The lowest BCUT2D eigenvalue weighted by molar-refractivity contribution is 0.486. The number of para-hydroxylation sites is 6. The summed E-state index contributed by atoms with van der Waals surface area (Å²) >= 11 is 1.86. The van der Waals surface area contributed by atoms with E-state index in [4.69, 9.17) is 4.74 Å². The predicted octanol–water partition coefficient (Wildman–Crippen LogP) is 22.4. The molecule has 0 N–H and O–H groups in total. The van der Waals surface area contributed by atoms with Crippen molar-refractivity contribution < 1.29 is 4.74 Å². The Morgan fingerprint density at radius 1 is 0.276 bits per heavy atom.